The van der Waals surface area contributed by atoms with Crippen LogP contribution in [0.4, 0.5) is 11.4 Å². The Morgan fingerprint density at radius 1 is 0.839 bits per heavy atom. The van der Waals surface area contributed by atoms with E-state index in [1.807, 2.05) is 0 Å². The monoisotopic (exact) mass is 480 g/mol. The second-order valence-corrected chi connectivity index (χ2v) is 8.79. The van der Waals surface area contributed by atoms with Gasteiger partial charge in [0, 0.05) is 11.5 Å². The van der Waals surface area contributed by atoms with Crippen molar-refractivity contribution in [2.45, 2.75) is 16.7 Å². The van der Waals surface area contributed by atoms with Crippen LogP contribution in [0.5, 0.6) is 5.75 Å². The number of azo groups is 1. The number of rotatable bonds is 5. The molecule has 3 rings (SSSR count). The Labute approximate surface area is 224 Å². The average molecular weight is 480 g/mol. The number of ether oxygens (including phenoxy) is 1. The molecular weight excluding hydrogens is 466 g/mol. The van der Waals surface area contributed by atoms with Crippen molar-refractivity contribution in [1.82, 2.24) is 0 Å². The zero-order chi connectivity index (χ0) is 21.4. The summed E-state index contributed by atoms with van der Waals surface area (Å²) in [6.45, 7) is 1.45. The zero-order valence-corrected chi connectivity index (χ0v) is 22.8. The van der Waals surface area contributed by atoms with Crippen molar-refractivity contribution in [3.8, 4) is 5.75 Å². The number of hydrogen-bond donors (Lipinski definition) is 0. The van der Waals surface area contributed by atoms with E-state index in [9.17, 15) is 25.9 Å². The molecule has 0 aliphatic heterocycles. The summed E-state index contributed by atoms with van der Waals surface area (Å²) < 4.78 is 72.7. The van der Waals surface area contributed by atoms with Gasteiger partial charge in [0.2, 0.25) is 0 Å². The standard InChI is InChI=1S/C18H16N2O7S2.2Na/c1-11-8-16(17(27-2)10-18(11)29(24,25)26)20-19-15-5-3-4-12-9-13(28(21,22)23)6-7-14(12)15;;/h3-10H,1-2H3,(H,21,22,23)(H,24,25,26);;/q;2*+1/p-2. The maximum atomic E-state index is 11.3. The van der Waals surface area contributed by atoms with Crippen LogP contribution in [0.25, 0.3) is 10.8 Å². The first-order valence-corrected chi connectivity index (χ1v) is 10.9. The van der Waals surface area contributed by atoms with Crippen LogP contribution in [0.3, 0.4) is 0 Å². The molecule has 31 heavy (non-hydrogen) atoms. The summed E-state index contributed by atoms with van der Waals surface area (Å²) in [5, 5.41) is 9.24. The Morgan fingerprint density at radius 2 is 1.48 bits per heavy atom. The van der Waals surface area contributed by atoms with Crippen molar-refractivity contribution in [1.29, 1.82) is 0 Å². The molecule has 0 aliphatic carbocycles. The maximum Gasteiger partial charge on any atom is 1.00 e. The van der Waals surface area contributed by atoms with Gasteiger partial charge in [-0.1, -0.05) is 18.2 Å². The molecule has 0 aliphatic rings. The molecule has 3 aromatic rings. The normalized spacial score (nSPS) is 11.7. The van der Waals surface area contributed by atoms with Crippen LogP contribution in [-0.2, 0) is 20.2 Å². The van der Waals surface area contributed by atoms with Gasteiger partial charge >= 0.3 is 59.1 Å². The molecule has 0 saturated heterocycles. The number of aryl methyl sites for hydroxylation is 1. The van der Waals surface area contributed by atoms with Gasteiger partial charge in [0.15, 0.2) is 0 Å². The molecular formula is C18H14N2Na2O7S2. The third-order valence-corrected chi connectivity index (χ3v) is 5.94. The van der Waals surface area contributed by atoms with E-state index >= 15 is 0 Å². The molecule has 0 N–H and O–H groups in total. The van der Waals surface area contributed by atoms with Crippen LogP contribution in [0.2, 0.25) is 0 Å². The number of methoxy groups -OCH3 is 1. The minimum atomic E-state index is -4.67. The van der Waals surface area contributed by atoms with Crippen molar-refractivity contribution in [3.05, 3.63) is 54.1 Å². The van der Waals surface area contributed by atoms with Gasteiger partial charge in [0.05, 0.1) is 22.6 Å². The van der Waals surface area contributed by atoms with E-state index in [1.165, 1.54) is 38.3 Å². The maximum absolute atomic E-state index is 11.3. The third-order valence-electron chi connectivity index (χ3n) is 4.13. The summed E-state index contributed by atoms with van der Waals surface area (Å²) in [4.78, 5) is -0.768. The molecule has 13 heteroatoms. The molecule has 0 unspecified atom stereocenters. The topological polar surface area (TPSA) is 148 Å². The van der Waals surface area contributed by atoms with Gasteiger partial charge in [0.1, 0.15) is 31.7 Å². The van der Waals surface area contributed by atoms with Gasteiger partial charge in [-0.05, 0) is 42.1 Å². The number of nitrogens with zero attached hydrogens (tertiary/aromatic N) is 2. The van der Waals surface area contributed by atoms with E-state index in [4.69, 9.17) is 4.74 Å². The molecule has 0 heterocycles. The Morgan fingerprint density at radius 3 is 2.06 bits per heavy atom. The van der Waals surface area contributed by atoms with Gasteiger partial charge in [-0.25, -0.2) is 16.8 Å². The summed E-state index contributed by atoms with van der Waals surface area (Å²) in [6.07, 6.45) is 0. The smallest absolute Gasteiger partial charge is 0.744 e. The fraction of sp³-hybridized carbons (Fsp3) is 0.111. The molecule has 0 radical (unpaired) electrons. The zero-order valence-electron chi connectivity index (χ0n) is 17.2. The van der Waals surface area contributed by atoms with Gasteiger partial charge in [0.25, 0.3) is 0 Å². The minimum absolute atomic E-state index is 0. The average Bonchev–Trinajstić information content (AvgIpc) is 2.64. The molecule has 0 atom stereocenters. The van der Waals surface area contributed by atoms with E-state index in [1.54, 1.807) is 18.2 Å². The molecule has 0 spiro atoms. The summed E-state index contributed by atoms with van der Waals surface area (Å²) in [7, 11) is -7.96. The van der Waals surface area contributed by atoms with E-state index in [-0.39, 0.29) is 81.0 Å². The number of fused-ring (bicyclic) bond motifs is 1. The molecule has 3 aromatic carbocycles. The first-order chi connectivity index (χ1) is 13.5. The molecule has 0 amide bonds. The molecule has 0 bridgehead atoms. The van der Waals surface area contributed by atoms with E-state index in [0.29, 0.717) is 16.5 Å². The van der Waals surface area contributed by atoms with Crippen molar-refractivity contribution >= 4 is 42.4 Å². The quantitative estimate of drug-likeness (QED) is 0.221. The van der Waals surface area contributed by atoms with Crippen molar-refractivity contribution in [2.24, 2.45) is 10.2 Å². The van der Waals surface area contributed by atoms with E-state index < -0.39 is 25.1 Å². The predicted molar refractivity (Wildman–Crippen MR) is 102 cm³/mol. The second kappa shape index (κ2) is 10.8. The molecule has 0 saturated carbocycles. The van der Waals surface area contributed by atoms with Crippen LogP contribution in [0.15, 0.2) is 68.6 Å². The first kappa shape index (κ1) is 28.2. The summed E-state index contributed by atoms with van der Waals surface area (Å²) >= 11 is 0. The van der Waals surface area contributed by atoms with Crippen molar-refractivity contribution in [2.75, 3.05) is 7.11 Å². The van der Waals surface area contributed by atoms with Gasteiger partial charge < -0.3 is 13.8 Å². The summed E-state index contributed by atoms with van der Waals surface area (Å²) in [5.74, 6) is 0.0498. The minimum Gasteiger partial charge on any atom is -0.744 e. The van der Waals surface area contributed by atoms with Crippen LogP contribution >= 0.6 is 0 Å². The van der Waals surface area contributed by atoms with Crippen LogP contribution in [-0.4, -0.2) is 33.1 Å². The second-order valence-electron chi connectivity index (χ2n) is 6.06. The Kier molecular flexibility index (Phi) is 9.85. The fourth-order valence-electron chi connectivity index (χ4n) is 2.76. The van der Waals surface area contributed by atoms with Gasteiger partial charge in [-0.15, -0.1) is 10.2 Å². The predicted octanol–water partition coefficient (Wildman–Crippen LogP) is -2.61. The summed E-state index contributed by atoms with van der Waals surface area (Å²) in [6, 6.07) is 11.2. The molecule has 0 fully saturated rings. The summed E-state index contributed by atoms with van der Waals surface area (Å²) in [5.41, 5.74) is 0.781. The van der Waals surface area contributed by atoms with Crippen LogP contribution in [0, 0.1) is 6.92 Å². The molecule has 152 valence electrons. The molecule has 9 nitrogen and oxygen atoms in total. The largest absolute Gasteiger partial charge is 1.00 e. The van der Waals surface area contributed by atoms with Crippen LogP contribution in [0.1, 0.15) is 5.56 Å². The van der Waals surface area contributed by atoms with Crippen molar-refractivity contribution < 1.29 is 89.8 Å². The first-order valence-electron chi connectivity index (χ1n) is 8.05. The van der Waals surface area contributed by atoms with Crippen LogP contribution < -0.4 is 63.9 Å². The van der Waals surface area contributed by atoms with Gasteiger partial charge in [-0.3, -0.25) is 0 Å². The Bertz CT molecular complexity index is 1360. The number of benzene rings is 3. The fourth-order valence-corrected chi connectivity index (χ4v) is 3.97. The third kappa shape index (κ3) is 6.57. The van der Waals surface area contributed by atoms with Crippen molar-refractivity contribution in [3.63, 3.8) is 0 Å². The molecule has 0 aromatic heterocycles. The Balaban J connectivity index is 0.00000240. The van der Waals surface area contributed by atoms with E-state index in [0.717, 1.165) is 6.07 Å². The van der Waals surface area contributed by atoms with E-state index in [2.05, 4.69) is 10.2 Å². The van der Waals surface area contributed by atoms with Gasteiger partial charge in [-0.2, -0.15) is 0 Å². The SMILES string of the molecule is COc1cc(S(=O)(=O)[O-])c(C)cc1N=Nc1cccc2cc(S(=O)(=O)[O-])ccc12.[Na+].[Na+]. The number of hydrogen-bond acceptors (Lipinski definition) is 9. The Hall–Kier alpha value is -0.860.